The highest BCUT2D eigenvalue weighted by Crippen LogP contribution is 2.23. The molecule has 0 saturated carbocycles. The third-order valence-corrected chi connectivity index (χ3v) is 6.08. The van der Waals surface area contributed by atoms with Gasteiger partial charge in [-0.05, 0) is 43.3 Å². The Kier molecular flexibility index (Phi) is 5.14. The van der Waals surface area contributed by atoms with Crippen LogP contribution >= 0.6 is 0 Å². The van der Waals surface area contributed by atoms with Crippen LogP contribution in [0.2, 0.25) is 0 Å². The Morgan fingerprint density at radius 3 is 2.58 bits per heavy atom. The van der Waals surface area contributed by atoms with E-state index in [0.29, 0.717) is 23.9 Å². The molecule has 1 heterocycles. The second-order valence-corrected chi connectivity index (χ2v) is 7.94. The summed E-state index contributed by atoms with van der Waals surface area (Å²) >= 11 is 0. The van der Waals surface area contributed by atoms with Gasteiger partial charge in [0.05, 0.1) is 17.5 Å². The Morgan fingerprint density at radius 2 is 1.83 bits per heavy atom. The Labute approximate surface area is 142 Å². The number of benzene rings is 2. The summed E-state index contributed by atoms with van der Waals surface area (Å²) < 4.78 is 28.2. The van der Waals surface area contributed by atoms with Crippen LogP contribution in [0.15, 0.2) is 47.4 Å². The van der Waals surface area contributed by atoms with Gasteiger partial charge in [-0.1, -0.05) is 36.4 Å². The maximum absolute atomic E-state index is 12.7. The largest absolute Gasteiger partial charge is 0.291 e. The molecule has 2 aromatic rings. The number of hydrogen-bond donors (Lipinski definition) is 1. The summed E-state index contributed by atoms with van der Waals surface area (Å²) in [6, 6.07) is 15.0. The van der Waals surface area contributed by atoms with Gasteiger partial charge in [0.15, 0.2) is 0 Å². The molecular weight excluding hydrogens is 322 g/mol. The molecule has 1 aliphatic rings. The van der Waals surface area contributed by atoms with Gasteiger partial charge in [-0.25, -0.2) is 13.1 Å². The van der Waals surface area contributed by atoms with Crippen molar-refractivity contribution in [3.63, 3.8) is 0 Å². The van der Waals surface area contributed by atoms with Gasteiger partial charge in [0.25, 0.3) is 0 Å². The minimum atomic E-state index is -3.53. The molecule has 1 N–H and O–H groups in total. The van der Waals surface area contributed by atoms with Crippen molar-refractivity contribution in [1.29, 1.82) is 5.26 Å². The molecule has 0 amide bonds. The lowest BCUT2D eigenvalue weighted by Gasteiger charge is -2.30. The van der Waals surface area contributed by atoms with E-state index < -0.39 is 10.0 Å². The Morgan fingerprint density at radius 1 is 1.12 bits per heavy atom. The predicted octanol–water partition coefficient (Wildman–Crippen LogP) is 2.35. The summed E-state index contributed by atoms with van der Waals surface area (Å²) in [4.78, 5) is 2.44. The molecule has 24 heavy (non-hydrogen) atoms. The Hall–Kier alpha value is -1.94. The molecule has 2 aromatic carbocycles. The van der Waals surface area contributed by atoms with Gasteiger partial charge in [-0.15, -0.1) is 0 Å². The van der Waals surface area contributed by atoms with Crippen molar-refractivity contribution >= 4 is 20.8 Å². The van der Waals surface area contributed by atoms with E-state index in [1.165, 1.54) is 0 Å². The molecule has 0 radical (unpaired) electrons. The van der Waals surface area contributed by atoms with Crippen molar-refractivity contribution in [2.45, 2.75) is 17.7 Å². The standard InChI is InChI=1S/C18H21N3O2S/c19-10-13-21-11-8-15(9-12-21)14-20-24(22,23)18-7-3-5-16-4-1-2-6-17(16)18/h1-7,15,20H,8-9,11-14H2. The maximum Gasteiger partial charge on any atom is 0.241 e. The lowest BCUT2D eigenvalue weighted by atomic mass is 9.97. The highest BCUT2D eigenvalue weighted by Gasteiger charge is 2.22. The lowest BCUT2D eigenvalue weighted by Crippen LogP contribution is -2.38. The van der Waals surface area contributed by atoms with Gasteiger partial charge in [0, 0.05) is 11.9 Å². The molecule has 0 atom stereocenters. The zero-order valence-electron chi connectivity index (χ0n) is 13.5. The van der Waals surface area contributed by atoms with Crippen molar-refractivity contribution in [1.82, 2.24) is 9.62 Å². The van der Waals surface area contributed by atoms with Gasteiger partial charge in [-0.3, -0.25) is 4.90 Å². The number of nitrogens with one attached hydrogen (secondary N) is 1. The molecule has 1 aliphatic heterocycles. The predicted molar refractivity (Wildman–Crippen MR) is 93.9 cm³/mol. The number of nitrogens with zero attached hydrogens (tertiary/aromatic N) is 2. The molecule has 0 aromatic heterocycles. The topological polar surface area (TPSA) is 73.2 Å². The number of rotatable bonds is 5. The fraction of sp³-hybridized carbons (Fsp3) is 0.389. The van der Waals surface area contributed by atoms with E-state index in [1.54, 1.807) is 12.1 Å². The molecule has 126 valence electrons. The van der Waals surface area contributed by atoms with Crippen molar-refractivity contribution in [3.8, 4) is 6.07 Å². The first-order valence-electron chi connectivity index (χ1n) is 8.17. The summed E-state index contributed by atoms with van der Waals surface area (Å²) in [5.74, 6) is 0.324. The summed E-state index contributed by atoms with van der Waals surface area (Å²) in [6.07, 6.45) is 1.83. The molecule has 1 saturated heterocycles. The molecular formula is C18H21N3O2S. The smallest absolute Gasteiger partial charge is 0.241 e. The van der Waals surface area contributed by atoms with E-state index in [9.17, 15) is 8.42 Å². The van der Waals surface area contributed by atoms with Gasteiger partial charge >= 0.3 is 0 Å². The summed E-state index contributed by atoms with van der Waals surface area (Å²) in [7, 11) is -3.53. The van der Waals surface area contributed by atoms with E-state index >= 15 is 0 Å². The fourth-order valence-corrected chi connectivity index (χ4v) is 4.53. The quantitative estimate of drug-likeness (QED) is 0.846. The Bertz CT molecular complexity index is 845. The zero-order valence-corrected chi connectivity index (χ0v) is 14.3. The van der Waals surface area contributed by atoms with Gasteiger partial charge in [0.1, 0.15) is 0 Å². The van der Waals surface area contributed by atoms with Crippen molar-refractivity contribution in [2.75, 3.05) is 26.2 Å². The van der Waals surface area contributed by atoms with Crippen LogP contribution in [0.3, 0.4) is 0 Å². The Balaban J connectivity index is 1.68. The number of nitriles is 1. The highest BCUT2D eigenvalue weighted by atomic mass is 32.2. The third-order valence-electron chi connectivity index (χ3n) is 4.60. The maximum atomic E-state index is 12.7. The van der Waals surface area contributed by atoms with E-state index in [-0.39, 0.29) is 0 Å². The molecule has 6 heteroatoms. The van der Waals surface area contributed by atoms with Crippen LogP contribution in [0.25, 0.3) is 10.8 Å². The number of sulfonamides is 1. The first-order chi connectivity index (χ1) is 11.6. The number of piperidine rings is 1. The minimum absolute atomic E-state index is 0.324. The van der Waals surface area contributed by atoms with E-state index in [2.05, 4.69) is 15.7 Å². The van der Waals surface area contributed by atoms with Crippen LogP contribution in [-0.2, 0) is 10.0 Å². The van der Waals surface area contributed by atoms with Crippen molar-refractivity contribution in [3.05, 3.63) is 42.5 Å². The van der Waals surface area contributed by atoms with Crippen LogP contribution in [0.4, 0.5) is 0 Å². The van der Waals surface area contributed by atoms with E-state index in [1.807, 2.05) is 30.3 Å². The number of hydrogen-bond acceptors (Lipinski definition) is 4. The first-order valence-corrected chi connectivity index (χ1v) is 9.65. The highest BCUT2D eigenvalue weighted by molar-refractivity contribution is 7.89. The molecule has 5 nitrogen and oxygen atoms in total. The molecule has 0 unspecified atom stereocenters. The number of likely N-dealkylation sites (tertiary alicyclic amines) is 1. The summed E-state index contributed by atoms with van der Waals surface area (Å²) in [5, 5.41) is 10.4. The summed E-state index contributed by atoms with van der Waals surface area (Å²) in [5.41, 5.74) is 0. The SMILES string of the molecule is N#CCN1CCC(CNS(=O)(=O)c2cccc3ccccc23)CC1. The minimum Gasteiger partial charge on any atom is -0.291 e. The van der Waals surface area contributed by atoms with Gasteiger partial charge < -0.3 is 0 Å². The zero-order chi connectivity index (χ0) is 17.0. The second kappa shape index (κ2) is 7.31. The van der Waals surface area contributed by atoms with Crippen molar-refractivity contribution < 1.29 is 8.42 Å². The second-order valence-electron chi connectivity index (χ2n) is 6.21. The molecule has 0 aliphatic carbocycles. The van der Waals surface area contributed by atoms with Gasteiger partial charge in [-0.2, -0.15) is 5.26 Å². The van der Waals surface area contributed by atoms with Crippen LogP contribution in [0, 0.1) is 17.2 Å². The third kappa shape index (κ3) is 3.75. The van der Waals surface area contributed by atoms with Crippen molar-refractivity contribution in [2.24, 2.45) is 5.92 Å². The normalized spacial score (nSPS) is 17.0. The van der Waals surface area contributed by atoms with Crippen LogP contribution < -0.4 is 4.72 Å². The number of fused-ring (bicyclic) bond motifs is 1. The van der Waals surface area contributed by atoms with E-state index in [0.717, 1.165) is 36.7 Å². The molecule has 3 rings (SSSR count). The average molecular weight is 343 g/mol. The van der Waals surface area contributed by atoms with Crippen LogP contribution in [0.5, 0.6) is 0 Å². The van der Waals surface area contributed by atoms with Crippen LogP contribution in [0.1, 0.15) is 12.8 Å². The summed E-state index contributed by atoms with van der Waals surface area (Å²) in [6.45, 7) is 2.61. The monoisotopic (exact) mass is 343 g/mol. The molecule has 1 fully saturated rings. The van der Waals surface area contributed by atoms with Crippen LogP contribution in [-0.4, -0.2) is 39.5 Å². The molecule has 0 spiro atoms. The fourth-order valence-electron chi connectivity index (χ4n) is 3.18. The van der Waals surface area contributed by atoms with E-state index in [4.69, 9.17) is 5.26 Å². The average Bonchev–Trinajstić information content (AvgIpc) is 2.61. The van der Waals surface area contributed by atoms with Gasteiger partial charge in [0.2, 0.25) is 10.0 Å². The first kappa shape index (κ1) is 16.9. The molecule has 0 bridgehead atoms. The lowest BCUT2D eigenvalue weighted by molar-refractivity contribution is 0.204.